The molecule has 3 aromatic rings. The van der Waals surface area contributed by atoms with E-state index in [9.17, 15) is 10.1 Å². The summed E-state index contributed by atoms with van der Waals surface area (Å²) in [4.78, 5) is 10.2. The van der Waals surface area contributed by atoms with Crippen LogP contribution in [0.3, 0.4) is 0 Å². The lowest BCUT2D eigenvalue weighted by Crippen LogP contribution is -1.87. The van der Waals surface area contributed by atoms with Crippen molar-refractivity contribution in [1.82, 2.24) is 0 Å². The second-order valence-electron chi connectivity index (χ2n) is 4.97. The van der Waals surface area contributed by atoms with Gasteiger partial charge in [0.05, 0.1) is 4.92 Å². The van der Waals surface area contributed by atoms with Gasteiger partial charge in [0.1, 0.15) is 0 Å². The third kappa shape index (κ3) is 3.45. The molecule has 0 amide bonds. The molecular formula is C20H13NO2. The van der Waals surface area contributed by atoms with Gasteiger partial charge < -0.3 is 0 Å². The maximum Gasteiger partial charge on any atom is 0.269 e. The summed E-state index contributed by atoms with van der Waals surface area (Å²) in [6, 6.07) is 24.3. The van der Waals surface area contributed by atoms with Gasteiger partial charge in [0.25, 0.3) is 5.69 Å². The predicted octanol–water partition coefficient (Wildman–Crippen LogP) is 4.66. The smallest absolute Gasteiger partial charge is 0.258 e. The summed E-state index contributed by atoms with van der Waals surface area (Å²) in [6.45, 7) is 0. The Labute approximate surface area is 134 Å². The van der Waals surface area contributed by atoms with Crippen molar-refractivity contribution >= 4 is 5.69 Å². The molecule has 0 spiro atoms. The Hall–Kier alpha value is -3.38. The molecular weight excluding hydrogens is 286 g/mol. The minimum atomic E-state index is -0.415. The molecule has 0 atom stereocenters. The Kier molecular flexibility index (Phi) is 4.17. The SMILES string of the molecule is O=[N+]([O-])c1ccc(C#Cc2ccccc2-c2ccccc2)cc1. The van der Waals surface area contributed by atoms with E-state index in [0.29, 0.717) is 0 Å². The molecule has 0 aliphatic rings. The van der Waals surface area contributed by atoms with Crippen molar-refractivity contribution in [2.24, 2.45) is 0 Å². The van der Waals surface area contributed by atoms with Crippen LogP contribution in [0.2, 0.25) is 0 Å². The highest BCUT2D eigenvalue weighted by molar-refractivity contribution is 5.71. The number of nitro groups is 1. The molecule has 0 N–H and O–H groups in total. The van der Waals surface area contributed by atoms with Crippen LogP contribution in [0.1, 0.15) is 11.1 Å². The Balaban J connectivity index is 1.94. The van der Waals surface area contributed by atoms with Gasteiger partial charge in [-0.1, -0.05) is 60.4 Å². The molecule has 3 rings (SSSR count). The summed E-state index contributed by atoms with van der Waals surface area (Å²) in [5, 5.41) is 10.7. The Morgan fingerprint density at radius 3 is 2.09 bits per heavy atom. The molecule has 3 nitrogen and oxygen atoms in total. The molecule has 0 heterocycles. The number of benzene rings is 3. The van der Waals surface area contributed by atoms with Crippen LogP contribution in [-0.4, -0.2) is 4.92 Å². The van der Waals surface area contributed by atoms with Gasteiger partial charge in [0, 0.05) is 23.3 Å². The highest BCUT2D eigenvalue weighted by Crippen LogP contribution is 2.22. The van der Waals surface area contributed by atoms with Crippen molar-refractivity contribution in [2.75, 3.05) is 0 Å². The summed E-state index contributed by atoms with van der Waals surface area (Å²) in [5.41, 5.74) is 3.93. The van der Waals surface area contributed by atoms with Crippen LogP contribution in [0.4, 0.5) is 5.69 Å². The fourth-order valence-electron chi connectivity index (χ4n) is 2.27. The van der Waals surface area contributed by atoms with Crippen LogP contribution in [0, 0.1) is 22.0 Å². The lowest BCUT2D eigenvalue weighted by Gasteiger charge is -2.04. The van der Waals surface area contributed by atoms with Gasteiger partial charge in [-0.2, -0.15) is 0 Å². The molecule has 3 heteroatoms. The average Bonchev–Trinajstić information content (AvgIpc) is 2.61. The second kappa shape index (κ2) is 6.59. The van der Waals surface area contributed by atoms with E-state index in [1.807, 2.05) is 54.6 Å². The van der Waals surface area contributed by atoms with Crippen molar-refractivity contribution in [3.63, 3.8) is 0 Å². The van der Waals surface area contributed by atoms with Crippen LogP contribution < -0.4 is 0 Å². The normalized spacial score (nSPS) is 9.74. The van der Waals surface area contributed by atoms with Gasteiger partial charge in [0.15, 0.2) is 0 Å². The van der Waals surface area contributed by atoms with E-state index >= 15 is 0 Å². The number of hydrogen-bond acceptors (Lipinski definition) is 2. The molecule has 0 aliphatic heterocycles. The zero-order valence-corrected chi connectivity index (χ0v) is 12.3. The van der Waals surface area contributed by atoms with Crippen molar-refractivity contribution in [3.8, 4) is 23.0 Å². The molecule has 0 fully saturated rings. The molecule has 0 bridgehead atoms. The lowest BCUT2D eigenvalue weighted by atomic mass is 10.00. The summed E-state index contributed by atoms with van der Waals surface area (Å²) in [5.74, 6) is 6.22. The third-order valence-electron chi connectivity index (χ3n) is 3.43. The molecule has 0 saturated heterocycles. The van der Waals surface area contributed by atoms with Gasteiger partial charge in [-0.05, 0) is 29.3 Å². The first-order valence-corrected chi connectivity index (χ1v) is 7.15. The highest BCUT2D eigenvalue weighted by Gasteiger charge is 2.03. The number of nitrogens with zero attached hydrogens (tertiary/aromatic N) is 1. The second-order valence-corrected chi connectivity index (χ2v) is 4.97. The summed E-state index contributed by atoms with van der Waals surface area (Å²) >= 11 is 0. The Bertz CT molecular complexity index is 888. The van der Waals surface area contributed by atoms with E-state index in [0.717, 1.165) is 22.3 Å². The zero-order chi connectivity index (χ0) is 16.1. The highest BCUT2D eigenvalue weighted by atomic mass is 16.6. The molecule has 0 saturated carbocycles. The van der Waals surface area contributed by atoms with Crippen LogP contribution >= 0.6 is 0 Å². The van der Waals surface area contributed by atoms with Crippen molar-refractivity contribution in [2.45, 2.75) is 0 Å². The van der Waals surface area contributed by atoms with Gasteiger partial charge in [-0.25, -0.2) is 0 Å². The Morgan fingerprint density at radius 2 is 1.39 bits per heavy atom. The van der Waals surface area contributed by atoms with Gasteiger partial charge in [-0.15, -0.1) is 0 Å². The summed E-state index contributed by atoms with van der Waals surface area (Å²) < 4.78 is 0. The summed E-state index contributed by atoms with van der Waals surface area (Å²) in [7, 11) is 0. The standard InChI is InChI=1S/C20H13NO2/c22-21(23)19-14-11-16(12-15-19)10-13-18-8-4-5-9-20(18)17-6-2-1-3-7-17/h1-9,11-12,14-15H. The van der Waals surface area contributed by atoms with E-state index in [1.54, 1.807) is 12.1 Å². The van der Waals surface area contributed by atoms with Crippen molar-refractivity contribution in [1.29, 1.82) is 0 Å². The van der Waals surface area contributed by atoms with E-state index in [-0.39, 0.29) is 5.69 Å². The van der Waals surface area contributed by atoms with Crippen LogP contribution in [-0.2, 0) is 0 Å². The largest absolute Gasteiger partial charge is 0.269 e. The fraction of sp³-hybridized carbons (Fsp3) is 0. The first-order valence-electron chi connectivity index (χ1n) is 7.15. The molecule has 23 heavy (non-hydrogen) atoms. The molecule has 0 radical (unpaired) electrons. The van der Waals surface area contributed by atoms with Crippen LogP contribution in [0.5, 0.6) is 0 Å². The summed E-state index contributed by atoms with van der Waals surface area (Å²) in [6.07, 6.45) is 0. The topological polar surface area (TPSA) is 43.1 Å². The van der Waals surface area contributed by atoms with E-state index < -0.39 is 4.92 Å². The molecule has 3 aromatic carbocycles. The van der Waals surface area contributed by atoms with Crippen LogP contribution in [0.15, 0.2) is 78.9 Å². The third-order valence-corrected chi connectivity index (χ3v) is 3.43. The fourth-order valence-corrected chi connectivity index (χ4v) is 2.27. The monoisotopic (exact) mass is 299 g/mol. The lowest BCUT2D eigenvalue weighted by molar-refractivity contribution is -0.384. The molecule has 0 aromatic heterocycles. The predicted molar refractivity (Wildman–Crippen MR) is 91.0 cm³/mol. The number of hydrogen-bond donors (Lipinski definition) is 0. The quantitative estimate of drug-likeness (QED) is 0.392. The first kappa shape index (κ1) is 14.6. The zero-order valence-electron chi connectivity index (χ0n) is 12.3. The number of nitro benzene ring substituents is 1. The van der Waals surface area contributed by atoms with Gasteiger partial charge in [-0.3, -0.25) is 10.1 Å². The van der Waals surface area contributed by atoms with Crippen LogP contribution in [0.25, 0.3) is 11.1 Å². The van der Waals surface area contributed by atoms with Crippen molar-refractivity contribution in [3.05, 3.63) is 100 Å². The molecule has 0 aliphatic carbocycles. The van der Waals surface area contributed by atoms with E-state index in [2.05, 4.69) is 11.8 Å². The van der Waals surface area contributed by atoms with Crippen molar-refractivity contribution < 1.29 is 4.92 Å². The van der Waals surface area contributed by atoms with E-state index in [1.165, 1.54) is 12.1 Å². The van der Waals surface area contributed by atoms with Gasteiger partial charge in [0.2, 0.25) is 0 Å². The maximum atomic E-state index is 10.7. The van der Waals surface area contributed by atoms with Gasteiger partial charge >= 0.3 is 0 Å². The molecule has 110 valence electrons. The minimum absolute atomic E-state index is 0.0697. The number of rotatable bonds is 2. The average molecular weight is 299 g/mol. The minimum Gasteiger partial charge on any atom is -0.258 e. The first-order chi connectivity index (χ1) is 11.2. The Morgan fingerprint density at radius 1 is 0.739 bits per heavy atom. The number of non-ortho nitro benzene ring substituents is 1. The maximum absolute atomic E-state index is 10.7. The molecule has 0 unspecified atom stereocenters. The van der Waals surface area contributed by atoms with E-state index in [4.69, 9.17) is 0 Å².